The van der Waals surface area contributed by atoms with E-state index in [1.807, 2.05) is 5.01 Å². The van der Waals surface area contributed by atoms with Gasteiger partial charge in [0, 0.05) is 19.6 Å². The highest BCUT2D eigenvalue weighted by Crippen LogP contribution is 2.09. The third-order valence-corrected chi connectivity index (χ3v) is 3.05. The molecule has 0 aliphatic carbocycles. The lowest BCUT2D eigenvalue weighted by Crippen LogP contribution is -2.52. The van der Waals surface area contributed by atoms with Crippen molar-refractivity contribution in [1.29, 1.82) is 0 Å². The van der Waals surface area contributed by atoms with Gasteiger partial charge in [-0.25, -0.2) is 10.4 Å². The largest absolute Gasteiger partial charge is 0.480 e. The van der Waals surface area contributed by atoms with Crippen molar-refractivity contribution >= 4 is 11.9 Å². The standard InChI is InChI=1S/C11H23N5O3/c12-11(13)14-5-1-2-9(10(18)19)15-16-6-3-8(17)4-7-16/h8-9,15,17H,1-7H2,(H,18,19)(H4,12,13,14)/t9-/m0/s1. The maximum absolute atomic E-state index is 11.1. The molecule has 0 aromatic carbocycles. The van der Waals surface area contributed by atoms with E-state index in [9.17, 15) is 9.90 Å². The van der Waals surface area contributed by atoms with Crippen molar-refractivity contribution in [3.05, 3.63) is 0 Å². The summed E-state index contributed by atoms with van der Waals surface area (Å²) >= 11 is 0. The summed E-state index contributed by atoms with van der Waals surface area (Å²) in [7, 11) is 0. The lowest BCUT2D eigenvalue weighted by atomic mass is 10.1. The van der Waals surface area contributed by atoms with Gasteiger partial charge in [-0.2, -0.15) is 0 Å². The number of aliphatic carboxylic acids is 1. The Morgan fingerprint density at radius 1 is 1.42 bits per heavy atom. The van der Waals surface area contributed by atoms with E-state index in [-0.39, 0.29) is 12.1 Å². The maximum Gasteiger partial charge on any atom is 0.322 e. The van der Waals surface area contributed by atoms with E-state index in [1.54, 1.807) is 0 Å². The zero-order chi connectivity index (χ0) is 14.3. The number of nitrogens with zero attached hydrogens (tertiary/aromatic N) is 2. The highest BCUT2D eigenvalue weighted by molar-refractivity contribution is 5.75. The molecule has 0 aromatic rings. The van der Waals surface area contributed by atoms with E-state index in [2.05, 4.69) is 10.4 Å². The van der Waals surface area contributed by atoms with Crippen LogP contribution in [0.25, 0.3) is 0 Å². The van der Waals surface area contributed by atoms with E-state index in [1.165, 1.54) is 0 Å². The van der Waals surface area contributed by atoms with E-state index in [0.717, 1.165) is 0 Å². The minimum absolute atomic E-state index is 0.0184. The van der Waals surface area contributed by atoms with Gasteiger partial charge in [-0.3, -0.25) is 9.79 Å². The van der Waals surface area contributed by atoms with Crippen LogP contribution in [0.2, 0.25) is 0 Å². The second-order valence-corrected chi connectivity index (χ2v) is 4.69. The van der Waals surface area contributed by atoms with Gasteiger partial charge in [0.05, 0.1) is 6.10 Å². The number of hydrogen-bond donors (Lipinski definition) is 5. The number of aliphatic hydroxyl groups excluding tert-OH is 1. The summed E-state index contributed by atoms with van der Waals surface area (Å²) in [4.78, 5) is 15.0. The number of carboxylic acids is 1. The Hall–Kier alpha value is -1.38. The third kappa shape index (κ3) is 6.37. The van der Waals surface area contributed by atoms with Crippen LogP contribution < -0.4 is 16.9 Å². The van der Waals surface area contributed by atoms with Crippen LogP contribution in [0.5, 0.6) is 0 Å². The van der Waals surface area contributed by atoms with Gasteiger partial charge in [0.2, 0.25) is 0 Å². The molecule has 1 aliphatic heterocycles. The third-order valence-electron chi connectivity index (χ3n) is 3.05. The molecular formula is C11H23N5O3. The Labute approximate surface area is 112 Å². The molecule has 1 heterocycles. The lowest BCUT2D eigenvalue weighted by Gasteiger charge is -2.32. The van der Waals surface area contributed by atoms with Crippen LogP contribution in [0.15, 0.2) is 4.99 Å². The minimum Gasteiger partial charge on any atom is -0.480 e. The zero-order valence-corrected chi connectivity index (χ0v) is 11.0. The molecule has 1 aliphatic rings. The number of hydrazine groups is 1. The quantitative estimate of drug-likeness (QED) is 0.215. The lowest BCUT2D eigenvalue weighted by molar-refractivity contribution is -0.141. The van der Waals surface area contributed by atoms with Gasteiger partial charge in [-0.1, -0.05) is 0 Å². The number of rotatable bonds is 7. The second kappa shape index (κ2) is 7.93. The van der Waals surface area contributed by atoms with Crippen LogP contribution in [0.1, 0.15) is 25.7 Å². The van der Waals surface area contributed by atoms with Gasteiger partial charge < -0.3 is 21.7 Å². The van der Waals surface area contributed by atoms with Gasteiger partial charge in [-0.15, -0.1) is 0 Å². The van der Waals surface area contributed by atoms with Crippen molar-refractivity contribution in [2.45, 2.75) is 37.8 Å². The number of aliphatic imine (C=N–C) groups is 1. The molecular weight excluding hydrogens is 250 g/mol. The van der Waals surface area contributed by atoms with Crippen LogP contribution in [0.3, 0.4) is 0 Å². The van der Waals surface area contributed by atoms with Gasteiger partial charge in [0.15, 0.2) is 5.96 Å². The van der Waals surface area contributed by atoms with Crippen molar-refractivity contribution < 1.29 is 15.0 Å². The number of carboxylic acid groups (broad SMARTS) is 1. The first-order valence-electron chi connectivity index (χ1n) is 6.46. The maximum atomic E-state index is 11.1. The summed E-state index contributed by atoms with van der Waals surface area (Å²) in [5, 5.41) is 20.4. The Balaban J connectivity index is 2.32. The van der Waals surface area contributed by atoms with Crippen LogP contribution in [-0.4, -0.2) is 58.9 Å². The van der Waals surface area contributed by atoms with Crippen molar-refractivity contribution in [1.82, 2.24) is 10.4 Å². The molecule has 8 nitrogen and oxygen atoms in total. The Morgan fingerprint density at radius 3 is 2.58 bits per heavy atom. The normalized spacial score (nSPS) is 19.0. The summed E-state index contributed by atoms with van der Waals surface area (Å²) in [6, 6.07) is -0.649. The number of hydrogen-bond acceptors (Lipinski definition) is 5. The Bertz CT molecular complexity index is 311. The molecule has 19 heavy (non-hydrogen) atoms. The monoisotopic (exact) mass is 273 g/mol. The molecule has 1 saturated heterocycles. The van der Waals surface area contributed by atoms with E-state index in [0.29, 0.717) is 45.3 Å². The average molecular weight is 273 g/mol. The van der Waals surface area contributed by atoms with Crippen molar-refractivity contribution in [3.8, 4) is 0 Å². The molecule has 110 valence electrons. The van der Waals surface area contributed by atoms with Crippen molar-refractivity contribution in [3.63, 3.8) is 0 Å². The topological polar surface area (TPSA) is 137 Å². The number of aliphatic hydroxyl groups is 1. The molecule has 0 aromatic heterocycles. The Kier molecular flexibility index (Phi) is 6.54. The van der Waals surface area contributed by atoms with E-state index < -0.39 is 12.0 Å². The van der Waals surface area contributed by atoms with E-state index >= 15 is 0 Å². The number of nitrogens with one attached hydrogen (secondary N) is 1. The predicted octanol–water partition coefficient (Wildman–Crippen LogP) is -1.55. The molecule has 7 N–H and O–H groups in total. The van der Waals surface area contributed by atoms with Crippen LogP contribution in [0.4, 0.5) is 0 Å². The smallest absolute Gasteiger partial charge is 0.322 e. The molecule has 0 unspecified atom stereocenters. The summed E-state index contributed by atoms with van der Waals surface area (Å²) in [6.07, 6.45) is 2.09. The fourth-order valence-electron chi connectivity index (χ4n) is 1.96. The van der Waals surface area contributed by atoms with Crippen LogP contribution >= 0.6 is 0 Å². The fraction of sp³-hybridized carbons (Fsp3) is 0.818. The molecule has 0 spiro atoms. The van der Waals surface area contributed by atoms with Crippen molar-refractivity contribution in [2.75, 3.05) is 19.6 Å². The molecule has 1 rings (SSSR count). The van der Waals surface area contributed by atoms with Gasteiger partial charge in [-0.05, 0) is 25.7 Å². The van der Waals surface area contributed by atoms with E-state index in [4.69, 9.17) is 16.6 Å². The second-order valence-electron chi connectivity index (χ2n) is 4.69. The fourth-order valence-corrected chi connectivity index (χ4v) is 1.96. The zero-order valence-electron chi connectivity index (χ0n) is 11.0. The molecule has 0 bridgehead atoms. The van der Waals surface area contributed by atoms with Crippen LogP contribution in [-0.2, 0) is 4.79 Å². The molecule has 8 heteroatoms. The summed E-state index contributed by atoms with van der Waals surface area (Å²) in [6.45, 7) is 1.73. The first-order valence-corrected chi connectivity index (χ1v) is 6.46. The van der Waals surface area contributed by atoms with Gasteiger partial charge >= 0.3 is 5.97 Å². The summed E-state index contributed by atoms with van der Waals surface area (Å²) < 4.78 is 0. The average Bonchev–Trinajstić information content (AvgIpc) is 2.35. The number of nitrogens with two attached hydrogens (primary N) is 2. The number of guanidine groups is 1. The highest BCUT2D eigenvalue weighted by atomic mass is 16.4. The highest BCUT2D eigenvalue weighted by Gasteiger charge is 2.23. The molecule has 0 radical (unpaired) electrons. The van der Waals surface area contributed by atoms with Crippen molar-refractivity contribution in [2.24, 2.45) is 16.5 Å². The molecule has 1 fully saturated rings. The predicted molar refractivity (Wildman–Crippen MR) is 71.3 cm³/mol. The summed E-state index contributed by atoms with van der Waals surface area (Å²) in [5.74, 6) is -0.874. The minimum atomic E-state index is -0.893. The SMILES string of the molecule is NC(N)=NCCC[C@H](NN1CCC(O)CC1)C(=O)O. The van der Waals surface area contributed by atoms with Gasteiger partial charge in [0.1, 0.15) is 6.04 Å². The first kappa shape index (κ1) is 15.7. The molecule has 0 saturated carbocycles. The first-order chi connectivity index (χ1) is 8.99. The molecule has 0 amide bonds. The Morgan fingerprint density at radius 2 is 2.05 bits per heavy atom. The summed E-state index contributed by atoms with van der Waals surface area (Å²) in [5.41, 5.74) is 13.4. The number of carbonyl (C=O) groups is 1. The van der Waals surface area contributed by atoms with Gasteiger partial charge in [0.25, 0.3) is 0 Å². The molecule has 1 atom stereocenters. The van der Waals surface area contributed by atoms with Crippen LogP contribution in [0, 0.1) is 0 Å². The number of piperidine rings is 1.